The number of aromatic nitrogens is 3. The van der Waals surface area contributed by atoms with Crippen molar-refractivity contribution in [2.75, 3.05) is 19.6 Å². The van der Waals surface area contributed by atoms with Crippen LogP contribution in [0, 0.1) is 18.3 Å². The lowest BCUT2D eigenvalue weighted by atomic mass is 9.81. The van der Waals surface area contributed by atoms with Gasteiger partial charge in [-0.05, 0) is 75.3 Å². The normalized spacial score (nSPS) is 19.6. The van der Waals surface area contributed by atoms with Crippen LogP contribution in [0.3, 0.4) is 0 Å². The van der Waals surface area contributed by atoms with Gasteiger partial charge in [0.25, 0.3) is 0 Å². The number of para-hydroxylation sites is 1. The van der Waals surface area contributed by atoms with Crippen LogP contribution in [0.5, 0.6) is 5.75 Å². The van der Waals surface area contributed by atoms with Gasteiger partial charge in [0, 0.05) is 26.2 Å². The Bertz CT molecular complexity index is 1680. The maximum Gasteiger partial charge on any atom is 0.314 e. The molecule has 2 atom stereocenters. The quantitative estimate of drug-likeness (QED) is 0.331. The molecule has 5 rings (SSSR count). The van der Waals surface area contributed by atoms with Gasteiger partial charge >= 0.3 is 12.0 Å². The minimum Gasteiger partial charge on any atom is -0.488 e. The van der Waals surface area contributed by atoms with E-state index in [4.69, 9.17) is 15.2 Å². The number of likely N-dealkylation sites (tertiary alicyclic amines) is 1. The van der Waals surface area contributed by atoms with E-state index in [1.165, 1.54) is 4.31 Å². The second-order valence-corrected chi connectivity index (χ2v) is 14.7. The van der Waals surface area contributed by atoms with Crippen LogP contribution in [0.15, 0.2) is 53.6 Å². The average molecular weight is 655 g/mol. The van der Waals surface area contributed by atoms with Crippen LogP contribution >= 0.6 is 0 Å². The lowest BCUT2D eigenvalue weighted by Crippen LogP contribution is -2.42. The number of carboxylic acid groups (broad SMARTS) is 1. The number of primary amides is 1. The van der Waals surface area contributed by atoms with Gasteiger partial charge in [-0.3, -0.25) is 9.48 Å². The number of ether oxygens (including phenoxy) is 2. The Kier molecular flexibility index (Phi) is 9.70. The minimum absolute atomic E-state index is 0.0247. The predicted molar refractivity (Wildman–Crippen MR) is 168 cm³/mol. The number of benzene rings is 2. The number of rotatable bonds is 10. The van der Waals surface area contributed by atoms with E-state index < -0.39 is 33.5 Å². The summed E-state index contributed by atoms with van der Waals surface area (Å²) >= 11 is 0. The van der Waals surface area contributed by atoms with Gasteiger partial charge in [0.05, 0.1) is 30.9 Å². The molecular formula is C32H42N6O7S. The highest BCUT2D eigenvalue weighted by molar-refractivity contribution is 7.89. The minimum atomic E-state index is -3.86. The molecule has 2 aliphatic rings. The molecule has 2 aromatic carbocycles. The fourth-order valence-corrected chi connectivity index (χ4v) is 7.61. The zero-order valence-electron chi connectivity index (χ0n) is 26.6. The highest BCUT2D eigenvalue weighted by Gasteiger charge is 2.40. The smallest absolute Gasteiger partial charge is 0.314 e. The van der Waals surface area contributed by atoms with Crippen molar-refractivity contribution in [3.63, 3.8) is 0 Å². The number of urea groups is 1. The lowest BCUT2D eigenvalue weighted by molar-refractivity contribution is -0.158. The second kappa shape index (κ2) is 13.4. The van der Waals surface area contributed by atoms with Gasteiger partial charge in [-0.1, -0.05) is 35.5 Å². The molecule has 1 aromatic heterocycles. The third-order valence-electron chi connectivity index (χ3n) is 8.84. The first-order valence-corrected chi connectivity index (χ1v) is 16.8. The third-order valence-corrected chi connectivity index (χ3v) is 10.7. The van der Waals surface area contributed by atoms with Gasteiger partial charge in [0.2, 0.25) is 10.0 Å². The topological polar surface area (TPSA) is 170 Å². The number of fused-ring (bicyclic) bond motifs is 1. The van der Waals surface area contributed by atoms with Gasteiger partial charge in [-0.15, -0.1) is 5.10 Å². The Balaban J connectivity index is 1.34. The van der Waals surface area contributed by atoms with Crippen LogP contribution in [-0.2, 0) is 39.3 Å². The van der Waals surface area contributed by atoms with Gasteiger partial charge < -0.3 is 25.2 Å². The number of carbonyl (C=O) groups excluding carboxylic acids is 1. The number of aliphatic carboxylic acids is 1. The summed E-state index contributed by atoms with van der Waals surface area (Å²) < 4.78 is 42.7. The number of piperidine rings is 1. The summed E-state index contributed by atoms with van der Waals surface area (Å²) in [6, 6.07) is 11.7. The van der Waals surface area contributed by atoms with Crippen molar-refractivity contribution in [1.29, 1.82) is 0 Å². The van der Waals surface area contributed by atoms with Crippen molar-refractivity contribution in [2.45, 2.75) is 77.3 Å². The van der Waals surface area contributed by atoms with Crippen LogP contribution in [0.4, 0.5) is 4.79 Å². The van der Waals surface area contributed by atoms with Crippen molar-refractivity contribution in [3.05, 3.63) is 71.0 Å². The predicted octanol–water partition coefficient (Wildman–Crippen LogP) is 3.72. The van der Waals surface area contributed by atoms with Gasteiger partial charge in [0.15, 0.2) is 0 Å². The van der Waals surface area contributed by atoms with Crippen LogP contribution < -0.4 is 10.5 Å². The third kappa shape index (κ3) is 7.18. The molecule has 3 N–H and O–H groups in total. The first-order valence-electron chi connectivity index (χ1n) is 15.4. The molecular weight excluding hydrogens is 612 g/mol. The summed E-state index contributed by atoms with van der Waals surface area (Å²) in [6.45, 7) is 9.04. The SMILES string of the molecule is Cc1ccc(C(OCc2cn(CC3CCN(C(N)=O)CC3)nn2)C(C)(C)C(=O)O)cc1CN1C[C@@H](C)Oc2ccccc2S1(=O)=O. The molecule has 3 heterocycles. The average Bonchev–Trinajstić information content (AvgIpc) is 3.42. The maximum atomic E-state index is 13.7. The molecule has 0 spiro atoms. The molecule has 2 amide bonds. The van der Waals surface area contributed by atoms with Crippen molar-refractivity contribution in [1.82, 2.24) is 24.2 Å². The fraction of sp³-hybridized carbons (Fsp3) is 0.500. The summed E-state index contributed by atoms with van der Waals surface area (Å²) in [4.78, 5) is 25.6. The number of nitrogens with zero attached hydrogens (tertiary/aromatic N) is 5. The molecule has 3 aromatic rings. The van der Waals surface area contributed by atoms with Crippen molar-refractivity contribution < 1.29 is 32.6 Å². The molecule has 1 saturated heterocycles. The van der Waals surface area contributed by atoms with E-state index in [-0.39, 0.29) is 30.7 Å². The highest BCUT2D eigenvalue weighted by atomic mass is 32.2. The number of amides is 2. The molecule has 14 heteroatoms. The Morgan fingerprint density at radius 3 is 2.59 bits per heavy atom. The summed E-state index contributed by atoms with van der Waals surface area (Å²) in [5.74, 6) is -0.389. The molecule has 0 bridgehead atoms. The first kappa shape index (κ1) is 33.4. The number of aryl methyl sites for hydroxylation is 1. The summed E-state index contributed by atoms with van der Waals surface area (Å²) in [6.07, 6.45) is 2.17. The molecule has 13 nitrogen and oxygen atoms in total. The summed E-state index contributed by atoms with van der Waals surface area (Å²) in [5, 5.41) is 18.7. The largest absolute Gasteiger partial charge is 0.488 e. The van der Waals surface area contributed by atoms with Crippen LogP contribution in [0.1, 0.15) is 62.1 Å². The van der Waals surface area contributed by atoms with Crippen molar-refractivity contribution in [3.8, 4) is 5.75 Å². The Labute approximate surface area is 269 Å². The number of sulfonamides is 1. The zero-order valence-corrected chi connectivity index (χ0v) is 27.4. The highest BCUT2D eigenvalue weighted by Crippen LogP contribution is 2.39. The van der Waals surface area contributed by atoms with E-state index in [1.54, 1.807) is 53.9 Å². The molecule has 2 aliphatic heterocycles. The van der Waals surface area contributed by atoms with E-state index in [1.807, 2.05) is 32.0 Å². The lowest BCUT2D eigenvalue weighted by Gasteiger charge is -2.31. The van der Waals surface area contributed by atoms with Gasteiger partial charge in [-0.2, -0.15) is 4.31 Å². The van der Waals surface area contributed by atoms with E-state index in [0.29, 0.717) is 42.6 Å². The number of carboxylic acids is 1. The number of hydrogen-bond acceptors (Lipinski definition) is 8. The van der Waals surface area contributed by atoms with Crippen LogP contribution in [0.25, 0.3) is 0 Å². The number of hydrogen-bond donors (Lipinski definition) is 2. The molecule has 1 fully saturated rings. The molecule has 0 radical (unpaired) electrons. The van der Waals surface area contributed by atoms with E-state index in [2.05, 4.69) is 10.3 Å². The summed E-state index contributed by atoms with van der Waals surface area (Å²) in [5.41, 5.74) is 6.82. The molecule has 0 saturated carbocycles. The number of carbonyl (C=O) groups is 2. The maximum absolute atomic E-state index is 13.7. The van der Waals surface area contributed by atoms with Crippen LogP contribution in [-0.4, -0.2) is 75.5 Å². The second-order valence-electron chi connectivity index (χ2n) is 12.8. The van der Waals surface area contributed by atoms with E-state index in [0.717, 1.165) is 24.0 Å². The fourth-order valence-electron chi connectivity index (χ4n) is 6.00. The van der Waals surface area contributed by atoms with Crippen molar-refractivity contribution in [2.24, 2.45) is 17.1 Å². The zero-order chi connectivity index (χ0) is 33.2. The first-order chi connectivity index (χ1) is 21.8. The summed E-state index contributed by atoms with van der Waals surface area (Å²) in [7, 11) is -3.86. The molecule has 46 heavy (non-hydrogen) atoms. The Morgan fingerprint density at radius 1 is 1.17 bits per heavy atom. The van der Waals surface area contributed by atoms with E-state index in [9.17, 15) is 23.1 Å². The number of nitrogens with two attached hydrogens (primary N) is 1. The van der Waals surface area contributed by atoms with Gasteiger partial charge in [0.1, 0.15) is 22.4 Å². The molecule has 248 valence electrons. The monoisotopic (exact) mass is 654 g/mol. The molecule has 0 aliphatic carbocycles. The van der Waals surface area contributed by atoms with Crippen LogP contribution in [0.2, 0.25) is 0 Å². The Morgan fingerprint density at radius 2 is 1.89 bits per heavy atom. The van der Waals surface area contributed by atoms with Crippen molar-refractivity contribution >= 4 is 22.0 Å². The molecule has 1 unspecified atom stereocenters. The van der Waals surface area contributed by atoms with E-state index >= 15 is 0 Å². The standard InChI is InChI=1S/C32H42N6O7S/c1-21-9-10-24(15-25(21)18-38-16-22(2)45-27-7-5-6-8-28(27)46(38,42)43)29(32(3,4)30(39)40)44-20-26-19-37(35-34-26)17-23-11-13-36(14-12-23)31(33)41/h5-10,15,19,22-23,29H,11-14,16-18,20H2,1-4H3,(H2,33,41)(H,39,40)/t22-,29?/m1/s1. The Hall–Kier alpha value is -4.01. The van der Waals surface area contributed by atoms with Gasteiger partial charge in [-0.25, -0.2) is 13.2 Å².